The van der Waals surface area contributed by atoms with Crippen LogP contribution in [0.15, 0.2) is 72.8 Å². The SMILES string of the molecule is C=C(C)C(=O)Oc1ccccc1OP(=O)(OCCCCC)Oc1ccccc1OC(=O)C(=C)C. The molecule has 9 heteroatoms. The lowest BCUT2D eigenvalue weighted by Gasteiger charge is -2.21. The number of benzene rings is 2. The van der Waals surface area contributed by atoms with Crippen LogP contribution in [0.5, 0.6) is 23.0 Å². The third-order valence-corrected chi connectivity index (χ3v) is 5.56. The molecule has 0 radical (unpaired) electrons. The number of ether oxygens (including phenoxy) is 2. The minimum absolute atomic E-state index is 0.0125. The molecule has 8 nitrogen and oxygen atoms in total. The molecule has 0 aliphatic carbocycles. The van der Waals surface area contributed by atoms with Crippen molar-refractivity contribution in [1.29, 1.82) is 0 Å². The Kier molecular flexibility index (Phi) is 10.1. The summed E-state index contributed by atoms with van der Waals surface area (Å²) in [4.78, 5) is 24.0. The van der Waals surface area contributed by atoms with Gasteiger partial charge in [0.15, 0.2) is 23.0 Å². The summed E-state index contributed by atoms with van der Waals surface area (Å²) >= 11 is 0. The van der Waals surface area contributed by atoms with Crippen LogP contribution < -0.4 is 18.5 Å². The van der Waals surface area contributed by atoms with Crippen LogP contribution in [-0.2, 0) is 18.7 Å². The summed E-state index contributed by atoms with van der Waals surface area (Å²) < 4.78 is 41.1. The third-order valence-electron chi connectivity index (χ3n) is 4.22. The van der Waals surface area contributed by atoms with Crippen LogP contribution in [0.3, 0.4) is 0 Å². The van der Waals surface area contributed by atoms with E-state index in [4.69, 9.17) is 23.0 Å². The van der Waals surface area contributed by atoms with E-state index in [0.29, 0.717) is 6.42 Å². The first-order valence-corrected chi connectivity index (χ1v) is 12.2. The molecular weight excluding hydrogens is 459 g/mol. The van der Waals surface area contributed by atoms with E-state index >= 15 is 0 Å². The molecule has 0 spiro atoms. The van der Waals surface area contributed by atoms with E-state index in [1.165, 1.54) is 38.1 Å². The highest BCUT2D eigenvalue weighted by Gasteiger charge is 2.33. The molecule has 0 aliphatic heterocycles. The number of phosphoric acid groups is 1. The summed E-state index contributed by atoms with van der Waals surface area (Å²) in [6.07, 6.45) is 2.39. The second-order valence-corrected chi connectivity index (χ2v) is 8.92. The highest BCUT2D eigenvalue weighted by Crippen LogP contribution is 2.53. The number of rotatable bonds is 13. The van der Waals surface area contributed by atoms with Gasteiger partial charge in [0.2, 0.25) is 0 Å². The summed E-state index contributed by atoms with van der Waals surface area (Å²) in [7, 11) is -4.32. The number of hydrogen-bond acceptors (Lipinski definition) is 8. The van der Waals surface area contributed by atoms with E-state index < -0.39 is 19.8 Å². The van der Waals surface area contributed by atoms with Crippen LogP contribution >= 0.6 is 7.82 Å². The van der Waals surface area contributed by atoms with Gasteiger partial charge < -0.3 is 18.5 Å². The van der Waals surface area contributed by atoms with E-state index in [9.17, 15) is 14.2 Å². The summed E-state index contributed by atoms with van der Waals surface area (Å²) in [6.45, 7) is 12.2. The number of para-hydroxylation sites is 4. The van der Waals surface area contributed by atoms with Gasteiger partial charge >= 0.3 is 19.8 Å². The molecule has 0 unspecified atom stereocenters. The highest BCUT2D eigenvalue weighted by molar-refractivity contribution is 7.49. The minimum atomic E-state index is -4.32. The monoisotopic (exact) mass is 488 g/mol. The molecule has 0 amide bonds. The van der Waals surface area contributed by atoms with Crippen molar-refractivity contribution in [1.82, 2.24) is 0 Å². The highest BCUT2D eigenvalue weighted by atomic mass is 31.2. The Balaban J connectivity index is 2.36. The quantitative estimate of drug-likeness (QED) is 0.105. The van der Waals surface area contributed by atoms with Gasteiger partial charge in [-0.1, -0.05) is 57.2 Å². The molecule has 0 bridgehead atoms. The fourth-order valence-corrected chi connectivity index (χ4v) is 3.71. The lowest BCUT2D eigenvalue weighted by Crippen LogP contribution is -2.12. The molecule has 0 aromatic heterocycles. The Hall–Kier alpha value is -3.35. The van der Waals surface area contributed by atoms with Crippen molar-refractivity contribution in [2.75, 3.05) is 6.61 Å². The van der Waals surface area contributed by atoms with Crippen LogP contribution in [-0.4, -0.2) is 18.5 Å². The predicted octanol–water partition coefficient (Wildman–Crippen LogP) is 6.42. The van der Waals surface area contributed by atoms with Crippen molar-refractivity contribution in [3.05, 3.63) is 72.8 Å². The smallest absolute Gasteiger partial charge is 0.419 e. The Bertz CT molecular complexity index is 1010. The molecule has 0 atom stereocenters. The zero-order valence-corrected chi connectivity index (χ0v) is 20.5. The number of unbranched alkanes of at least 4 members (excludes halogenated alkanes) is 2. The average molecular weight is 488 g/mol. The van der Waals surface area contributed by atoms with Gasteiger partial charge in [-0.25, -0.2) is 14.2 Å². The lowest BCUT2D eigenvalue weighted by molar-refractivity contribution is -0.131. The molecule has 2 aromatic rings. The Labute approximate surface area is 199 Å². The summed E-state index contributed by atoms with van der Waals surface area (Å²) in [5, 5.41) is 0. The van der Waals surface area contributed by atoms with Gasteiger partial charge in [0.1, 0.15) is 0 Å². The molecule has 0 saturated carbocycles. The molecular formula is C25H29O8P. The molecule has 34 heavy (non-hydrogen) atoms. The Morgan fingerprint density at radius 1 is 0.765 bits per heavy atom. The van der Waals surface area contributed by atoms with E-state index in [1.807, 2.05) is 6.92 Å². The first-order valence-electron chi connectivity index (χ1n) is 10.7. The number of esters is 2. The van der Waals surface area contributed by atoms with Gasteiger partial charge in [0.05, 0.1) is 6.61 Å². The van der Waals surface area contributed by atoms with Gasteiger partial charge in [-0.3, -0.25) is 4.52 Å². The summed E-state index contributed by atoms with van der Waals surface area (Å²) in [5.74, 6) is -1.39. The van der Waals surface area contributed by atoms with Crippen molar-refractivity contribution in [2.45, 2.75) is 40.0 Å². The van der Waals surface area contributed by atoms with E-state index in [-0.39, 0.29) is 40.8 Å². The molecule has 2 aromatic carbocycles. The topological polar surface area (TPSA) is 97.4 Å². The van der Waals surface area contributed by atoms with Gasteiger partial charge in [-0.15, -0.1) is 0 Å². The van der Waals surface area contributed by atoms with E-state index in [1.54, 1.807) is 24.3 Å². The number of phosphoric ester groups is 1. The van der Waals surface area contributed by atoms with Crippen molar-refractivity contribution in [2.24, 2.45) is 0 Å². The first kappa shape index (κ1) is 26.9. The van der Waals surface area contributed by atoms with Gasteiger partial charge in [0.25, 0.3) is 0 Å². The molecule has 0 N–H and O–H groups in total. The zero-order chi connectivity index (χ0) is 25.1. The van der Waals surface area contributed by atoms with Crippen molar-refractivity contribution in [3.8, 4) is 23.0 Å². The van der Waals surface area contributed by atoms with Crippen LogP contribution in [0.25, 0.3) is 0 Å². The second-order valence-electron chi connectivity index (χ2n) is 7.40. The Morgan fingerprint density at radius 3 is 1.56 bits per heavy atom. The largest absolute Gasteiger partial charge is 0.587 e. The van der Waals surface area contributed by atoms with Crippen LogP contribution in [0.4, 0.5) is 0 Å². The first-order chi connectivity index (χ1) is 16.1. The molecule has 182 valence electrons. The molecule has 2 rings (SSSR count). The number of carbonyl (C=O) groups is 2. The van der Waals surface area contributed by atoms with Crippen LogP contribution in [0.2, 0.25) is 0 Å². The fraction of sp³-hybridized carbons (Fsp3) is 0.280. The molecule has 0 saturated heterocycles. The minimum Gasteiger partial charge on any atom is -0.419 e. The zero-order valence-electron chi connectivity index (χ0n) is 19.6. The molecule has 0 fully saturated rings. The standard InChI is InChI=1S/C25H29O8P/c1-6-7-12-17-29-34(28,32-22-15-10-8-13-20(22)30-24(26)18(2)3)33-23-16-11-9-14-21(23)31-25(27)19(4)5/h8-11,13-16H,2,4,6-7,12,17H2,1,3,5H3. The van der Waals surface area contributed by atoms with Gasteiger partial charge in [-0.2, -0.15) is 0 Å². The number of hydrogen-bond donors (Lipinski definition) is 0. The van der Waals surface area contributed by atoms with Crippen molar-refractivity contribution < 1.29 is 37.2 Å². The van der Waals surface area contributed by atoms with Crippen molar-refractivity contribution >= 4 is 19.8 Å². The van der Waals surface area contributed by atoms with Crippen LogP contribution in [0, 0.1) is 0 Å². The Morgan fingerprint density at radius 2 is 1.18 bits per heavy atom. The predicted molar refractivity (Wildman–Crippen MR) is 128 cm³/mol. The molecule has 0 aliphatic rings. The third kappa shape index (κ3) is 8.21. The maximum atomic E-state index is 13.7. The number of carbonyl (C=O) groups excluding carboxylic acids is 2. The summed E-state index contributed by atoms with van der Waals surface area (Å²) in [6, 6.07) is 12.3. The lowest BCUT2D eigenvalue weighted by atomic mass is 10.3. The van der Waals surface area contributed by atoms with Crippen LogP contribution in [0.1, 0.15) is 40.0 Å². The average Bonchev–Trinajstić information content (AvgIpc) is 2.79. The maximum absolute atomic E-state index is 13.7. The van der Waals surface area contributed by atoms with E-state index in [2.05, 4.69) is 13.2 Å². The fourth-order valence-electron chi connectivity index (χ4n) is 2.43. The normalized spacial score (nSPS) is 10.8. The van der Waals surface area contributed by atoms with E-state index in [0.717, 1.165) is 12.8 Å². The molecule has 0 heterocycles. The second kappa shape index (κ2) is 12.8. The van der Waals surface area contributed by atoms with Crippen molar-refractivity contribution in [3.63, 3.8) is 0 Å². The summed E-state index contributed by atoms with van der Waals surface area (Å²) in [5.41, 5.74) is 0.358. The van der Waals surface area contributed by atoms with Gasteiger partial charge in [0, 0.05) is 11.1 Å². The maximum Gasteiger partial charge on any atom is 0.587 e. The van der Waals surface area contributed by atoms with Gasteiger partial charge in [-0.05, 0) is 44.5 Å².